The summed E-state index contributed by atoms with van der Waals surface area (Å²) in [6, 6.07) is 7.22. The Kier molecular flexibility index (Phi) is 7.47. The maximum Gasteiger partial charge on any atom is 0.348 e. The van der Waals surface area contributed by atoms with Crippen LogP contribution in [0.2, 0.25) is 0 Å². The fraction of sp³-hybridized carbons (Fsp3) is 0.316. The smallest absolute Gasteiger partial charge is 0.348 e. The summed E-state index contributed by atoms with van der Waals surface area (Å²) in [4.78, 5) is 25.2. The molecule has 0 saturated carbocycles. The molecule has 0 aliphatic carbocycles. The van der Waals surface area contributed by atoms with Gasteiger partial charge < -0.3 is 19.9 Å². The zero-order chi connectivity index (χ0) is 22.4. The molecule has 31 heavy (non-hydrogen) atoms. The molecule has 0 atom stereocenters. The van der Waals surface area contributed by atoms with Gasteiger partial charge in [0.05, 0.1) is 31.6 Å². The summed E-state index contributed by atoms with van der Waals surface area (Å²) < 4.78 is 17.0. The molecule has 0 aliphatic heterocycles. The molecule has 0 saturated heterocycles. The van der Waals surface area contributed by atoms with Gasteiger partial charge in [-0.1, -0.05) is 11.8 Å². The van der Waals surface area contributed by atoms with Crippen molar-refractivity contribution < 1.29 is 23.8 Å². The number of nitrogens with zero attached hydrogens (tertiary/aromatic N) is 4. The van der Waals surface area contributed by atoms with E-state index in [2.05, 4.69) is 15.5 Å². The SMILES string of the molecule is CCOC(=O)c1sc(N)c(C(=O)OCC)c1CSc1nnnn1-c1ccc(OC)cc1. The number of carbonyl (C=O) groups excluding carboxylic acids is 2. The number of nitrogens with two attached hydrogens (primary N) is 1. The Labute approximate surface area is 186 Å². The van der Waals surface area contributed by atoms with Gasteiger partial charge >= 0.3 is 11.9 Å². The van der Waals surface area contributed by atoms with Gasteiger partial charge in [0.1, 0.15) is 15.6 Å². The first-order chi connectivity index (χ1) is 15.0. The molecule has 3 aromatic rings. The quantitative estimate of drug-likeness (QED) is 0.373. The number of methoxy groups -OCH3 is 1. The molecule has 0 amide bonds. The second kappa shape index (κ2) is 10.3. The van der Waals surface area contributed by atoms with E-state index in [9.17, 15) is 9.59 Å². The van der Waals surface area contributed by atoms with Crippen molar-refractivity contribution in [3.8, 4) is 11.4 Å². The first kappa shape index (κ1) is 22.6. The largest absolute Gasteiger partial charge is 0.497 e. The van der Waals surface area contributed by atoms with Crippen LogP contribution in [0, 0.1) is 0 Å². The summed E-state index contributed by atoms with van der Waals surface area (Å²) in [5.41, 5.74) is 7.39. The Morgan fingerprint density at radius 2 is 1.81 bits per heavy atom. The third-order valence-corrected chi connectivity index (χ3v) is 6.07. The molecule has 0 aliphatic rings. The van der Waals surface area contributed by atoms with Crippen LogP contribution < -0.4 is 10.5 Å². The highest BCUT2D eigenvalue weighted by molar-refractivity contribution is 7.98. The summed E-state index contributed by atoms with van der Waals surface area (Å²) in [5, 5.41) is 12.5. The molecule has 1 aromatic carbocycles. The van der Waals surface area contributed by atoms with Crippen LogP contribution in [-0.4, -0.2) is 52.5 Å². The first-order valence-electron chi connectivity index (χ1n) is 9.31. The monoisotopic (exact) mass is 463 g/mol. The van der Waals surface area contributed by atoms with Gasteiger partial charge in [-0.25, -0.2) is 9.59 Å². The van der Waals surface area contributed by atoms with Gasteiger partial charge in [0.25, 0.3) is 0 Å². The Balaban J connectivity index is 1.91. The van der Waals surface area contributed by atoms with Crippen LogP contribution in [0.1, 0.15) is 39.4 Å². The number of benzene rings is 1. The minimum absolute atomic E-state index is 0.172. The van der Waals surface area contributed by atoms with Crippen LogP contribution in [0.25, 0.3) is 5.69 Å². The van der Waals surface area contributed by atoms with Gasteiger partial charge in [0.15, 0.2) is 0 Å². The highest BCUT2D eigenvalue weighted by Crippen LogP contribution is 2.36. The summed E-state index contributed by atoms with van der Waals surface area (Å²) in [6.45, 7) is 3.79. The molecule has 3 rings (SSSR count). The van der Waals surface area contributed by atoms with Gasteiger partial charge in [-0.3, -0.25) is 0 Å². The number of anilines is 1. The summed E-state index contributed by atoms with van der Waals surface area (Å²) in [5.74, 6) is -0.206. The predicted molar refractivity (Wildman–Crippen MR) is 116 cm³/mol. The molecular formula is C19H21N5O5S2. The molecular weight excluding hydrogens is 442 g/mol. The number of esters is 2. The molecule has 0 spiro atoms. The van der Waals surface area contributed by atoms with E-state index in [1.807, 2.05) is 12.1 Å². The molecule has 0 fully saturated rings. The van der Waals surface area contributed by atoms with E-state index in [1.54, 1.807) is 37.8 Å². The lowest BCUT2D eigenvalue weighted by Gasteiger charge is -2.08. The molecule has 10 nitrogen and oxygen atoms in total. The molecule has 2 N–H and O–H groups in total. The van der Waals surface area contributed by atoms with Crippen molar-refractivity contribution in [1.29, 1.82) is 0 Å². The molecule has 164 valence electrons. The maximum atomic E-state index is 12.5. The zero-order valence-corrected chi connectivity index (χ0v) is 18.8. The average Bonchev–Trinajstić information content (AvgIpc) is 3.36. The Hall–Kier alpha value is -3.12. The van der Waals surface area contributed by atoms with Gasteiger partial charge in [-0.05, 0) is 48.5 Å². The number of carbonyl (C=O) groups is 2. The van der Waals surface area contributed by atoms with Crippen LogP contribution >= 0.6 is 23.1 Å². The minimum Gasteiger partial charge on any atom is -0.497 e. The van der Waals surface area contributed by atoms with Crippen molar-refractivity contribution in [2.24, 2.45) is 0 Å². The number of rotatable bonds is 9. The van der Waals surface area contributed by atoms with Crippen LogP contribution in [0.5, 0.6) is 5.75 Å². The lowest BCUT2D eigenvalue weighted by molar-refractivity contribution is 0.0527. The van der Waals surface area contributed by atoms with Crippen LogP contribution in [-0.2, 0) is 15.2 Å². The van der Waals surface area contributed by atoms with E-state index in [0.29, 0.717) is 16.5 Å². The third-order valence-electron chi connectivity index (χ3n) is 4.08. The Bertz CT molecular complexity index is 1060. The normalized spacial score (nSPS) is 10.7. The molecule has 2 heterocycles. The summed E-state index contributed by atoms with van der Waals surface area (Å²) in [6.07, 6.45) is 0. The molecule has 0 unspecified atom stereocenters. The second-order valence-electron chi connectivity index (χ2n) is 5.95. The Morgan fingerprint density at radius 1 is 1.13 bits per heavy atom. The van der Waals surface area contributed by atoms with E-state index in [4.69, 9.17) is 19.9 Å². The lowest BCUT2D eigenvalue weighted by atomic mass is 10.1. The predicted octanol–water partition coefficient (Wildman–Crippen LogP) is 2.96. The average molecular weight is 464 g/mol. The van der Waals surface area contributed by atoms with E-state index in [1.165, 1.54) is 11.8 Å². The fourth-order valence-corrected chi connectivity index (χ4v) is 4.68. The van der Waals surface area contributed by atoms with Crippen molar-refractivity contribution in [1.82, 2.24) is 20.2 Å². The number of hydrogen-bond donors (Lipinski definition) is 1. The van der Waals surface area contributed by atoms with Crippen LogP contribution in [0.3, 0.4) is 0 Å². The lowest BCUT2D eigenvalue weighted by Crippen LogP contribution is -2.11. The third kappa shape index (κ3) is 4.97. The molecule has 0 radical (unpaired) electrons. The summed E-state index contributed by atoms with van der Waals surface area (Å²) in [7, 11) is 1.59. The van der Waals surface area contributed by atoms with E-state index in [-0.39, 0.29) is 34.4 Å². The minimum atomic E-state index is -0.586. The van der Waals surface area contributed by atoms with E-state index < -0.39 is 11.9 Å². The van der Waals surface area contributed by atoms with E-state index >= 15 is 0 Å². The standard InChI is InChI=1S/C19H21N5O5S2/c1-4-28-17(25)14-13(15(31-16(14)20)18(26)29-5-2)10-30-19-21-22-23-24(19)11-6-8-12(27-3)9-7-11/h6-9H,4-5,10,20H2,1-3H3. The van der Waals surface area contributed by atoms with Crippen molar-refractivity contribution >= 4 is 40.0 Å². The van der Waals surface area contributed by atoms with Crippen molar-refractivity contribution in [2.45, 2.75) is 24.8 Å². The number of hydrogen-bond acceptors (Lipinski definition) is 11. The molecule has 2 aromatic heterocycles. The number of ether oxygens (including phenoxy) is 3. The highest BCUT2D eigenvalue weighted by atomic mass is 32.2. The number of tetrazole rings is 1. The number of thioether (sulfide) groups is 1. The van der Waals surface area contributed by atoms with Gasteiger partial charge in [0.2, 0.25) is 5.16 Å². The number of nitrogen functional groups attached to an aromatic ring is 1. The van der Waals surface area contributed by atoms with Gasteiger partial charge in [-0.2, -0.15) is 4.68 Å². The Morgan fingerprint density at radius 3 is 2.45 bits per heavy atom. The van der Waals surface area contributed by atoms with Gasteiger partial charge in [0, 0.05) is 11.3 Å². The molecule has 12 heteroatoms. The number of aromatic nitrogens is 4. The first-order valence-corrected chi connectivity index (χ1v) is 11.1. The maximum absolute atomic E-state index is 12.5. The number of thiophene rings is 1. The fourth-order valence-electron chi connectivity index (χ4n) is 2.70. The van der Waals surface area contributed by atoms with Gasteiger partial charge in [-0.15, -0.1) is 16.4 Å². The van der Waals surface area contributed by atoms with Crippen LogP contribution in [0.15, 0.2) is 29.4 Å². The van der Waals surface area contributed by atoms with Crippen molar-refractivity contribution in [3.05, 3.63) is 40.3 Å². The van der Waals surface area contributed by atoms with Crippen molar-refractivity contribution in [3.63, 3.8) is 0 Å². The molecule has 0 bridgehead atoms. The van der Waals surface area contributed by atoms with Crippen molar-refractivity contribution in [2.75, 3.05) is 26.1 Å². The highest BCUT2D eigenvalue weighted by Gasteiger charge is 2.28. The topological polar surface area (TPSA) is 131 Å². The second-order valence-corrected chi connectivity index (χ2v) is 7.94. The van der Waals surface area contributed by atoms with E-state index in [0.717, 1.165) is 17.0 Å². The zero-order valence-electron chi connectivity index (χ0n) is 17.2. The summed E-state index contributed by atoms with van der Waals surface area (Å²) >= 11 is 2.26. The van der Waals surface area contributed by atoms with Crippen LogP contribution in [0.4, 0.5) is 5.00 Å².